The summed E-state index contributed by atoms with van der Waals surface area (Å²) in [5.41, 5.74) is 2.64. The van der Waals surface area contributed by atoms with Gasteiger partial charge in [-0.05, 0) is 68.3 Å². The van der Waals surface area contributed by atoms with Crippen LogP contribution in [-0.4, -0.2) is 49.6 Å². The normalized spacial score (nSPS) is 16.0. The van der Waals surface area contributed by atoms with Gasteiger partial charge in [0.2, 0.25) is 5.13 Å². The van der Waals surface area contributed by atoms with E-state index in [0.29, 0.717) is 67.4 Å². The highest BCUT2D eigenvalue weighted by Crippen LogP contribution is 2.46. The van der Waals surface area contributed by atoms with Gasteiger partial charge in [0, 0.05) is 22.0 Å². The molecule has 0 bridgehead atoms. The van der Waals surface area contributed by atoms with Crippen LogP contribution in [0.25, 0.3) is 11.4 Å². The van der Waals surface area contributed by atoms with E-state index in [0.717, 1.165) is 16.9 Å². The number of aliphatic hydroxyl groups excluding tert-OH is 1. The first-order valence-electron chi connectivity index (χ1n) is 14.3. The summed E-state index contributed by atoms with van der Waals surface area (Å²) in [4.78, 5) is 33.5. The molecule has 1 atom stereocenters. The van der Waals surface area contributed by atoms with Crippen LogP contribution >= 0.6 is 46.3 Å². The van der Waals surface area contributed by atoms with Gasteiger partial charge >= 0.3 is 5.91 Å². The molecule has 14 heteroatoms. The topological polar surface area (TPSA) is 119 Å². The van der Waals surface area contributed by atoms with Gasteiger partial charge in [-0.25, -0.2) is 4.98 Å². The number of carbonyl (C=O) groups excluding carboxylic acids is 2. The van der Waals surface area contributed by atoms with Crippen LogP contribution in [0.3, 0.4) is 0 Å². The van der Waals surface area contributed by atoms with Crippen LogP contribution in [0.5, 0.6) is 11.5 Å². The van der Waals surface area contributed by atoms with Gasteiger partial charge in [0.1, 0.15) is 11.3 Å². The maximum absolute atomic E-state index is 13.9. The molecule has 1 aliphatic rings. The van der Waals surface area contributed by atoms with E-state index in [4.69, 9.17) is 32.7 Å². The Labute approximate surface area is 282 Å². The van der Waals surface area contributed by atoms with Crippen molar-refractivity contribution >= 4 is 74.5 Å². The van der Waals surface area contributed by atoms with Crippen molar-refractivity contribution in [1.82, 2.24) is 19.6 Å². The number of hydrogen-bond donors (Lipinski definition) is 1. The third-order valence-electron chi connectivity index (χ3n) is 7.22. The quantitative estimate of drug-likeness (QED) is 0.0520. The van der Waals surface area contributed by atoms with Crippen LogP contribution in [0.2, 0.25) is 10.0 Å². The van der Waals surface area contributed by atoms with Gasteiger partial charge in [-0.3, -0.25) is 18.9 Å². The maximum atomic E-state index is 13.9. The second-order valence-corrected chi connectivity index (χ2v) is 13.1. The van der Waals surface area contributed by atoms with Gasteiger partial charge in [0.15, 0.2) is 21.6 Å². The van der Waals surface area contributed by atoms with Gasteiger partial charge in [0.05, 0.1) is 30.5 Å². The molecule has 1 fully saturated rings. The molecule has 46 heavy (non-hydrogen) atoms. The van der Waals surface area contributed by atoms with Crippen molar-refractivity contribution in [3.63, 3.8) is 0 Å². The van der Waals surface area contributed by atoms with Crippen LogP contribution in [-0.2, 0) is 15.3 Å². The molecule has 0 saturated carbocycles. The number of ether oxygens (including phenoxy) is 2. The highest BCUT2D eigenvalue weighted by atomic mass is 35.5. The Hall–Kier alpha value is -4.10. The standard InChI is InChI=1S/C32H27Cl2N5O5S2/c1-4-43-22-12-10-18(14-23(22)44-5-2)27-25(28(40)26-17(3)35-24-8-6-7-13-38(24)26)29(41)30(42)39(27)31-36-37-32(46-31)45-16-19-9-11-20(33)15-21(19)34/h6-15,27,40H,4-5,16H2,1-3H3/b28-25+. The molecule has 1 unspecified atom stereocenters. The lowest BCUT2D eigenvalue weighted by Gasteiger charge is -2.23. The number of Topliss-reactive ketones (excluding diaryl/α,β-unsaturated/α-hetero) is 1. The number of carbonyl (C=O) groups is 2. The van der Waals surface area contributed by atoms with E-state index < -0.39 is 17.7 Å². The Morgan fingerprint density at radius 2 is 1.80 bits per heavy atom. The van der Waals surface area contributed by atoms with Crippen molar-refractivity contribution in [3.05, 3.63) is 98.9 Å². The van der Waals surface area contributed by atoms with E-state index in [1.54, 1.807) is 60.0 Å². The monoisotopic (exact) mass is 695 g/mol. The van der Waals surface area contributed by atoms with Crippen molar-refractivity contribution in [2.45, 2.75) is 36.9 Å². The predicted octanol–water partition coefficient (Wildman–Crippen LogP) is 7.52. The summed E-state index contributed by atoms with van der Waals surface area (Å²) < 4.78 is 13.9. The average Bonchev–Trinajstić information content (AvgIpc) is 3.71. The number of nitrogens with zero attached hydrogens (tertiary/aromatic N) is 5. The minimum atomic E-state index is -1.06. The van der Waals surface area contributed by atoms with Crippen molar-refractivity contribution < 1.29 is 24.2 Å². The Kier molecular flexibility index (Phi) is 9.23. The lowest BCUT2D eigenvalue weighted by Crippen LogP contribution is -2.29. The van der Waals surface area contributed by atoms with Gasteiger partial charge in [-0.15, -0.1) is 10.2 Å². The summed E-state index contributed by atoms with van der Waals surface area (Å²) in [7, 11) is 0. The summed E-state index contributed by atoms with van der Waals surface area (Å²) in [6.07, 6.45) is 1.74. The minimum Gasteiger partial charge on any atom is -0.505 e. The van der Waals surface area contributed by atoms with E-state index in [2.05, 4.69) is 15.2 Å². The number of thioether (sulfide) groups is 1. The van der Waals surface area contributed by atoms with Crippen LogP contribution in [0.4, 0.5) is 5.13 Å². The number of rotatable bonds is 10. The van der Waals surface area contributed by atoms with Crippen LogP contribution in [0.15, 0.2) is 70.7 Å². The van der Waals surface area contributed by atoms with Crippen LogP contribution in [0, 0.1) is 6.92 Å². The average molecular weight is 697 g/mol. The molecule has 1 N–H and O–H groups in total. The molecule has 1 saturated heterocycles. The first kappa shape index (κ1) is 31.9. The van der Waals surface area contributed by atoms with E-state index in [1.807, 2.05) is 26.0 Å². The number of pyridine rings is 1. The third-order valence-corrected chi connectivity index (χ3v) is 9.92. The van der Waals surface area contributed by atoms with E-state index >= 15 is 0 Å². The predicted molar refractivity (Wildman–Crippen MR) is 179 cm³/mol. The zero-order valence-corrected chi connectivity index (χ0v) is 28.0. The molecule has 3 aromatic heterocycles. The second-order valence-electron chi connectivity index (χ2n) is 10.1. The van der Waals surface area contributed by atoms with Gasteiger partial charge in [-0.2, -0.15) is 0 Å². The Balaban J connectivity index is 1.46. The Bertz CT molecular complexity index is 2010. The van der Waals surface area contributed by atoms with E-state index in [-0.39, 0.29) is 16.5 Å². The molecule has 236 valence electrons. The number of aromatic nitrogens is 4. The fraction of sp³-hybridized carbons (Fsp3) is 0.219. The summed E-state index contributed by atoms with van der Waals surface area (Å²) in [6, 6.07) is 14.8. The molecule has 1 amide bonds. The number of halogens is 2. The zero-order chi connectivity index (χ0) is 32.5. The fourth-order valence-corrected chi connectivity index (χ4v) is 7.67. The molecule has 0 aliphatic carbocycles. The first-order valence-corrected chi connectivity index (χ1v) is 16.8. The summed E-state index contributed by atoms with van der Waals surface area (Å²) >= 11 is 14.9. The molecule has 4 heterocycles. The largest absolute Gasteiger partial charge is 0.505 e. The van der Waals surface area contributed by atoms with Crippen molar-refractivity contribution in [2.24, 2.45) is 0 Å². The number of aryl methyl sites for hydroxylation is 1. The highest BCUT2D eigenvalue weighted by molar-refractivity contribution is 8.00. The number of ketones is 1. The fourth-order valence-electron chi connectivity index (χ4n) is 5.25. The van der Waals surface area contributed by atoms with E-state index in [1.165, 1.54) is 16.7 Å². The number of anilines is 1. The Morgan fingerprint density at radius 1 is 1.02 bits per heavy atom. The molecule has 10 nitrogen and oxygen atoms in total. The zero-order valence-electron chi connectivity index (χ0n) is 24.9. The minimum absolute atomic E-state index is 0.109. The number of aliphatic hydroxyl groups is 1. The smallest absolute Gasteiger partial charge is 0.301 e. The first-order chi connectivity index (χ1) is 22.2. The molecule has 0 radical (unpaired) electrons. The number of fused-ring (bicyclic) bond motifs is 1. The molecular formula is C32H27Cl2N5O5S2. The van der Waals surface area contributed by atoms with Gasteiger partial charge < -0.3 is 14.6 Å². The van der Waals surface area contributed by atoms with Gasteiger partial charge in [0.25, 0.3) is 5.78 Å². The maximum Gasteiger partial charge on any atom is 0.301 e. The molecule has 5 aromatic rings. The van der Waals surface area contributed by atoms with Crippen LogP contribution in [0.1, 0.15) is 42.4 Å². The summed E-state index contributed by atoms with van der Waals surface area (Å²) in [5.74, 6) is -0.637. The lowest BCUT2D eigenvalue weighted by atomic mass is 9.96. The Morgan fingerprint density at radius 3 is 2.57 bits per heavy atom. The van der Waals surface area contributed by atoms with Crippen LogP contribution < -0.4 is 14.4 Å². The molecular weight excluding hydrogens is 669 g/mol. The number of amides is 1. The van der Waals surface area contributed by atoms with E-state index in [9.17, 15) is 14.7 Å². The second kappa shape index (κ2) is 13.3. The molecule has 1 aliphatic heterocycles. The summed E-state index contributed by atoms with van der Waals surface area (Å²) in [5, 5.41) is 21.7. The number of imidazole rings is 1. The lowest BCUT2D eigenvalue weighted by molar-refractivity contribution is -0.132. The number of hydrogen-bond acceptors (Lipinski definition) is 10. The number of benzene rings is 2. The SMILES string of the molecule is CCOc1ccc(C2/C(=C(\O)c3c(C)nc4ccccn34)C(=O)C(=O)N2c2nnc(SCc3ccc(Cl)cc3Cl)s2)cc1OCC. The van der Waals surface area contributed by atoms with Crippen molar-refractivity contribution in [2.75, 3.05) is 18.1 Å². The molecule has 6 rings (SSSR count). The highest BCUT2D eigenvalue weighted by Gasteiger charge is 2.49. The van der Waals surface area contributed by atoms with Crippen molar-refractivity contribution in [3.8, 4) is 11.5 Å². The van der Waals surface area contributed by atoms with Gasteiger partial charge in [-0.1, -0.05) is 64.5 Å². The molecule has 0 spiro atoms. The molecule has 2 aromatic carbocycles. The third kappa shape index (κ3) is 5.93. The summed E-state index contributed by atoms with van der Waals surface area (Å²) in [6.45, 7) is 6.22. The van der Waals surface area contributed by atoms with Crippen molar-refractivity contribution in [1.29, 1.82) is 0 Å².